The molecule has 1 aliphatic rings. The summed E-state index contributed by atoms with van der Waals surface area (Å²) in [4.78, 5) is 18.2. The molecule has 3 rings (SSSR count). The van der Waals surface area contributed by atoms with E-state index in [4.69, 9.17) is 0 Å². The van der Waals surface area contributed by atoms with E-state index < -0.39 is 0 Å². The number of anilines is 1. The van der Waals surface area contributed by atoms with Gasteiger partial charge in [-0.1, -0.05) is 6.92 Å². The van der Waals surface area contributed by atoms with Gasteiger partial charge in [0.1, 0.15) is 11.8 Å². The van der Waals surface area contributed by atoms with Crippen LogP contribution >= 0.6 is 0 Å². The van der Waals surface area contributed by atoms with E-state index in [0.29, 0.717) is 0 Å². The Hall–Kier alpha value is -1.69. The van der Waals surface area contributed by atoms with Crippen molar-refractivity contribution in [1.29, 1.82) is 0 Å². The Kier molecular flexibility index (Phi) is 3.59. The number of aromatic nitrogens is 4. The fourth-order valence-corrected chi connectivity index (χ4v) is 2.69. The van der Waals surface area contributed by atoms with E-state index in [1.807, 2.05) is 0 Å². The molecule has 2 aromatic rings. The number of hydrogen-bond donors (Lipinski definition) is 2. The fourth-order valence-electron chi connectivity index (χ4n) is 2.69. The lowest BCUT2D eigenvalue weighted by Gasteiger charge is -2.32. The van der Waals surface area contributed by atoms with E-state index in [9.17, 15) is 0 Å². The largest absolute Gasteiger partial charge is 0.355 e. The molecule has 1 saturated heterocycles. The third-order valence-electron chi connectivity index (χ3n) is 3.80. The first-order chi connectivity index (χ1) is 9.38. The third-order valence-corrected chi connectivity index (χ3v) is 3.80. The van der Waals surface area contributed by atoms with Crippen molar-refractivity contribution in [3.63, 3.8) is 0 Å². The summed E-state index contributed by atoms with van der Waals surface area (Å²) in [6.07, 6.45) is 5.71. The lowest BCUT2D eigenvalue weighted by Crippen LogP contribution is -2.37. The topological polar surface area (TPSA) is 69.7 Å². The maximum atomic E-state index is 4.42. The third kappa shape index (κ3) is 2.53. The Labute approximate surface area is 112 Å². The van der Waals surface area contributed by atoms with Gasteiger partial charge in [-0.3, -0.25) is 0 Å². The van der Waals surface area contributed by atoms with Crippen LogP contribution in [0.3, 0.4) is 0 Å². The van der Waals surface area contributed by atoms with Gasteiger partial charge in [-0.2, -0.15) is 0 Å². The minimum atomic E-state index is 0.750. The van der Waals surface area contributed by atoms with Crippen LogP contribution in [0.15, 0.2) is 12.7 Å². The summed E-state index contributed by atoms with van der Waals surface area (Å²) >= 11 is 0. The highest BCUT2D eigenvalue weighted by Crippen LogP contribution is 2.25. The van der Waals surface area contributed by atoms with Gasteiger partial charge >= 0.3 is 0 Å². The number of hydrogen-bond acceptors (Lipinski definition) is 5. The van der Waals surface area contributed by atoms with Gasteiger partial charge in [-0.25, -0.2) is 15.0 Å². The summed E-state index contributed by atoms with van der Waals surface area (Å²) in [7, 11) is 0. The number of nitrogens with one attached hydrogen (secondary N) is 2. The average molecular weight is 260 g/mol. The highest BCUT2D eigenvalue weighted by Gasteiger charge is 2.21. The van der Waals surface area contributed by atoms with Crippen molar-refractivity contribution in [2.75, 3.05) is 31.1 Å². The maximum Gasteiger partial charge on any atom is 0.182 e. The van der Waals surface area contributed by atoms with Crippen LogP contribution in [0.25, 0.3) is 11.2 Å². The summed E-state index contributed by atoms with van der Waals surface area (Å²) in [6, 6.07) is 0. The minimum Gasteiger partial charge on any atom is -0.355 e. The van der Waals surface area contributed by atoms with Gasteiger partial charge in [0.15, 0.2) is 11.5 Å². The minimum absolute atomic E-state index is 0.750. The number of nitrogens with zero attached hydrogens (tertiary/aromatic N) is 4. The molecule has 2 N–H and O–H groups in total. The van der Waals surface area contributed by atoms with Crippen molar-refractivity contribution in [1.82, 2.24) is 25.3 Å². The first-order valence-corrected chi connectivity index (χ1v) is 6.98. The molecule has 102 valence electrons. The number of imidazole rings is 1. The van der Waals surface area contributed by atoms with Gasteiger partial charge in [0.05, 0.1) is 6.33 Å². The van der Waals surface area contributed by atoms with E-state index in [1.54, 1.807) is 12.7 Å². The van der Waals surface area contributed by atoms with E-state index >= 15 is 0 Å². The van der Waals surface area contributed by atoms with E-state index in [0.717, 1.165) is 49.1 Å². The van der Waals surface area contributed by atoms with Crippen molar-refractivity contribution >= 4 is 17.0 Å². The molecule has 6 heteroatoms. The summed E-state index contributed by atoms with van der Waals surface area (Å²) < 4.78 is 0. The second kappa shape index (κ2) is 5.52. The molecule has 0 atom stereocenters. The summed E-state index contributed by atoms with van der Waals surface area (Å²) in [6.45, 7) is 6.46. The molecule has 0 spiro atoms. The standard InChI is InChI=1S/C13H20N6/c1-2-14-7-10-3-5-19(6-4-10)13-11-12(16-8-15-11)17-9-18-13/h8-10,14H,2-7H2,1H3,(H,15,16,17,18). The van der Waals surface area contributed by atoms with Crippen LogP contribution in [0.5, 0.6) is 0 Å². The fraction of sp³-hybridized carbons (Fsp3) is 0.615. The number of piperidine rings is 1. The number of fused-ring (bicyclic) bond motifs is 1. The molecule has 0 bridgehead atoms. The second-order valence-electron chi connectivity index (χ2n) is 5.04. The van der Waals surface area contributed by atoms with Crippen molar-refractivity contribution in [3.05, 3.63) is 12.7 Å². The lowest BCUT2D eigenvalue weighted by atomic mass is 9.97. The predicted octanol–water partition coefficient (Wildman–Crippen LogP) is 1.18. The molecule has 0 amide bonds. The predicted molar refractivity (Wildman–Crippen MR) is 75.2 cm³/mol. The summed E-state index contributed by atoms with van der Waals surface area (Å²) in [5.74, 6) is 1.78. The molecule has 2 aromatic heterocycles. The van der Waals surface area contributed by atoms with E-state index in [1.165, 1.54) is 12.8 Å². The Morgan fingerprint density at radius 2 is 2.16 bits per heavy atom. The average Bonchev–Trinajstić information content (AvgIpc) is 2.94. The van der Waals surface area contributed by atoms with Crippen LogP contribution < -0.4 is 10.2 Å². The van der Waals surface area contributed by atoms with Gasteiger partial charge in [0, 0.05) is 13.1 Å². The highest BCUT2D eigenvalue weighted by molar-refractivity contribution is 5.82. The SMILES string of the molecule is CCNCC1CCN(c2ncnc3nc[nH]c23)CC1. The molecule has 6 nitrogen and oxygen atoms in total. The molecule has 3 heterocycles. The van der Waals surface area contributed by atoms with Gasteiger partial charge in [-0.15, -0.1) is 0 Å². The Balaban J connectivity index is 1.69. The molecule has 19 heavy (non-hydrogen) atoms. The molecule has 1 fully saturated rings. The van der Waals surface area contributed by atoms with E-state index in [2.05, 4.69) is 37.1 Å². The summed E-state index contributed by atoms with van der Waals surface area (Å²) in [5, 5.41) is 3.44. The van der Waals surface area contributed by atoms with E-state index in [-0.39, 0.29) is 0 Å². The van der Waals surface area contributed by atoms with Gasteiger partial charge in [0.2, 0.25) is 0 Å². The molecule has 1 aliphatic heterocycles. The van der Waals surface area contributed by atoms with Crippen molar-refractivity contribution in [2.45, 2.75) is 19.8 Å². The van der Waals surface area contributed by atoms with Crippen LogP contribution in [0.4, 0.5) is 5.82 Å². The Morgan fingerprint density at radius 3 is 2.95 bits per heavy atom. The van der Waals surface area contributed by atoms with Crippen molar-refractivity contribution in [2.24, 2.45) is 5.92 Å². The molecular formula is C13H20N6. The summed E-state index contributed by atoms with van der Waals surface area (Å²) in [5.41, 5.74) is 1.70. The monoisotopic (exact) mass is 260 g/mol. The van der Waals surface area contributed by atoms with Crippen LogP contribution in [0.1, 0.15) is 19.8 Å². The maximum absolute atomic E-state index is 4.42. The zero-order valence-corrected chi connectivity index (χ0v) is 11.3. The van der Waals surface area contributed by atoms with Gasteiger partial charge < -0.3 is 15.2 Å². The smallest absolute Gasteiger partial charge is 0.182 e. The Bertz CT molecular complexity index is 529. The first kappa shape index (κ1) is 12.3. The van der Waals surface area contributed by atoms with Crippen LogP contribution in [-0.2, 0) is 0 Å². The number of rotatable bonds is 4. The molecule has 0 aromatic carbocycles. The zero-order valence-electron chi connectivity index (χ0n) is 11.3. The van der Waals surface area contributed by atoms with Crippen molar-refractivity contribution in [3.8, 4) is 0 Å². The lowest BCUT2D eigenvalue weighted by molar-refractivity contribution is 0.385. The molecular weight excluding hydrogens is 240 g/mol. The second-order valence-corrected chi connectivity index (χ2v) is 5.04. The van der Waals surface area contributed by atoms with Crippen LogP contribution in [0, 0.1) is 5.92 Å². The highest BCUT2D eigenvalue weighted by atomic mass is 15.2. The molecule has 0 saturated carbocycles. The van der Waals surface area contributed by atoms with Crippen LogP contribution in [-0.4, -0.2) is 46.1 Å². The number of H-pyrrole nitrogens is 1. The quantitative estimate of drug-likeness (QED) is 0.864. The van der Waals surface area contributed by atoms with Crippen LogP contribution in [0.2, 0.25) is 0 Å². The molecule has 0 unspecified atom stereocenters. The van der Waals surface area contributed by atoms with Crippen molar-refractivity contribution < 1.29 is 0 Å². The molecule has 0 aliphatic carbocycles. The van der Waals surface area contributed by atoms with Gasteiger partial charge in [-0.05, 0) is 31.8 Å². The zero-order chi connectivity index (χ0) is 13.1. The Morgan fingerprint density at radius 1 is 1.32 bits per heavy atom. The first-order valence-electron chi connectivity index (χ1n) is 6.98. The van der Waals surface area contributed by atoms with Gasteiger partial charge in [0.25, 0.3) is 0 Å². The number of aromatic amines is 1. The normalized spacial score (nSPS) is 17.2. The molecule has 0 radical (unpaired) electrons.